The van der Waals surface area contributed by atoms with Crippen molar-refractivity contribution >= 4 is 11.8 Å². The second-order valence-electron chi connectivity index (χ2n) is 3.20. The van der Waals surface area contributed by atoms with Gasteiger partial charge in [0.15, 0.2) is 0 Å². The normalized spacial score (nSPS) is 12.8. The summed E-state index contributed by atoms with van der Waals surface area (Å²) in [5, 5.41) is 0.521. The van der Waals surface area contributed by atoms with Crippen LogP contribution in [-0.4, -0.2) is 19.0 Å². The van der Waals surface area contributed by atoms with Crippen LogP contribution in [0.1, 0.15) is 12.5 Å². The third-order valence-corrected chi connectivity index (χ3v) is 2.84. The molecule has 1 rings (SSSR count). The van der Waals surface area contributed by atoms with E-state index < -0.39 is 0 Å². The summed E-state index contributed by atoms with van der Waals surface area (Å²) in [6.45, 7) is 5.08. The van der Waals surface area contributed by atoms with E-state index in [1.807, 2.05) is 11.8 Å². The predicted molar refractivity (Wildman–Crippen MR) is 58.4 cm³/mol. The van der Waals surface area contributed by atoms with Gasteiger partial charge in [-0.1, -0.05) is 24.6 Å². The second-order valence-corrected chi connectivity index (χ2v) is 4.71. The lowest BCUT2D eigenvalue weighted by molar-refractivity contribution is 0.203. The second kappa shape index (κ2) is 5.30. The van der Waals surface area contributed by atoms with E-state index in [4.69, 9.17) is 4.74 Å². The third kappa shape index (κ3) is 3.83. The zero-order valence-corrected chi connectivity index (χ0v) is 9.23. The van der Waals surface area contributed by atoms with Crippen molar-refractivity contribution in [2.24, 2.45) is 0 Å². The molecule has 0 aliphatic carbocycles. The first-order chi connectivity index (χ1) is 6.22. The van der Waals surface area contributed by atoms with Gasteiger partial charge in [0.25, 0.3) is 0 Å². The lowest BCUT2D eigenvalue weighted by Crippen LogP contribution is -2.04. The smallest absolute Gasteiger partial charge is 0.0582 e. The molecule has 0 amide bonds. The number of hydrogen-bond donors (Lipinski definition) is 0. The van der Waals surface area contributed by atoms with Gasteiger partial charge in [-0.15, -0.1) is 11.8 Å². The molecule has 0 heterocycles. The number of ether oxygens (including phenoxy) is 1. The first-order valence-electron chi connectivity index (χ1n) is 4.44. The Hall–Kier alpha value is -0.470. The number of benzene rings is 1. The van der Waals surface area contributed by atoms with Crippen LogP contribution in [0, 0.1) is 6.92 Å². The number of aryl methyl sites for hydroxylation is 1. The molecular formula is C11H16OS. The van der Waals surface area contributed by atoms with Crippen molar-refractivity contribution in [3.8, 4) is 0 Å². The van der Waals surface area contributed by atoms with Gasteiger partial charge in [-0.2, -0.15) is 0 Å². The highest BCUT2D eigenvalue weighted by atomic mass is 32.2. The van der Waals surface area contributed by atoms with Crippen LogP contribution >= 0.6 is 11.8 Å². The first-order valence-corrected chi connectivity index (χ1v) is 5.32. The van der Waals surface area contributed by atoms with Crippen molar-refractivity contribution in [2.45, 2.75) is 24.0 Å². The Morgan fingerprint density at radius 1 is 1.31 bits per heavy atom. The molecule has 1 unspecified atom stereocenters. The van der Waals surface area contributed by atoms with Crippen LogP contribution in [0.15, 0.2) is 29.2 Å². The van der Waals surface area contributed by atoms with E-state index in [0.29, 0.717) is 5.25 Å². The quantitative estimate of drug-likeness (QED) is 0.684. The van der Waals surface area contributed by atoms with E-state index >= 15 is 0 Å². The fourth-order valence-electron chi connectivity index (χ4n) is 1.12. The highest BCUT2D eigenvalue weighted by Crippen LogP contribution is 2.23. The van der Waals surface area contributed by atoms with Gasteiger partial charge in [-0.05, 0) is 19.1 Å². The Morgan fingerprint density at radius 2 is 1.92 bits per heavy atom. The predicted octanol–water partition coefficient (Wildman–Crippen LogP) is 3.12. The topological polar surface area (TPSA) is 9.23 Å². The number of thioether (sulfide) groups is 1. The monoisotopic (exact) mass is 196 g/mol. The van der Waals surface area contributed by atoms with Crippen LogP contribution in [0.4, 0.5) is 0 Å². The van der Waals surface area contributed by atoms with Crippen molar-refractivity contribution < 1.29 is 4.74 Å². The number of rotatable bonds is 4. The summed E-state index contributed by atoms with van der Waals surface area (Å²) in [5.74, 6) is 0. The lowest BCUT2D eigenvalue weighted by Gasteiger charge is -2.09. The molecule has 0 saturated heterocycles. The molecule has 1 aromatic rings. The summed E-state index contributed by atoms with van der Waals surface area (Å²) in [6, 6.07) is 8.60. The van der Waals surface area contributed by atoms with Crippen LogP contribution in [0.2, 0.25) is 0 Å². The van der Waals surface area contributed by atoms with Crippen LogP contribution < -0.4 is 0 Å². The van der Waals surface area contributed by atoms with E-state index in [-0.39, 0.29) is 0 Å². The fourth-order valence-corrected chi connectivity index (χ4v) is 2.08. The van der Waals surface area contributed by atoms with Gasteiger partial charge in [-0.3, -0.25) is 0 Å². The molecule has 0 aliphatic rings. The molecule has 0 radical (unpaired) electrons. The number of methoxy groups -OCH3 is 1. The Kier molecular flexibility index (Phi) is 4.33. The van der Waals surface area contributed by atoms with Crippen molar-refractivity contribution in [1.82, 2.24) is 0 Å². The maximum absolute atomic E-state index is 5.08. The Balaban J connectivity index is 2.49. The van der Waals surface area contributed by atoms with Gasteiger partial charge in [0.05, 0.1) is 6.61 Å². The molecule has 2 heteroatoms. The van der Waals surface area contributed by atoms with Crippen LogP contribution in [-0.2, 0) is 4.74 Å². The fraction of sp³-hybridized carbons (Fsp3) is 0.455. The summed E-state index contributed by atoms with van der Waals surface area (Å²) in [7, 11) is 1.74. The number of hydrogen-bond acceptors (Lipinski definition) is 2. The van der Waals surface area contributed by atoms with Crippen LogP contribution in [0.5, 0.6) is 0 Å². The molecule has 0 aliphatic heterocycles. The average Bonchev–Trinajstić information content (AvgIpc) is 2.09. The molecule has 0 spiro atoms. The van der Waals surface area contributed by atoms with Crippen molar-refractivity contribution in [2.75, 3.05) is 13.7 Å². The van der Waals surface area contributed by atoms with Gasteiger partial charge in [-0.25, -0.2) is 0 Å². The largest absolute Gasteiger partial charge is 0.384 e. The average molecular weight is 196 g/mol. The summed E-state index contributed by atoms with van der Waals surface area (Å²) < 4.78 is 5.08. The Morgan fingerprint density at radius 3 is 2.46 bits per heavy atom. The van der Waals surface area contributed by atoms with Crippen LogP contribution in [0.3, 0.4) is 0 Å². The minimum absolute atomic E-state index is 0.521. The van der Waals surface area contributed by atoms with E-state index in [9.17, 15) is 0 Å². The molecule has 1 nitrogen and oxygen atoms in total. The molecule has 0 saturated carbocycles. The Labute approximate surface area is 84.5 Å². The molecular weight excluding hydrogens is 180 g/mol. The van der Waals surface area contributed by atoms with Gasteiger partial charge < -0.3 is 4.74 Å². The van der Waals surface area contributed by atoms with Gasteiger partial charge >= 0.3 is 0 Å². The Bertz CT molecular complexity index is 243. The van der Waals surface area contributed by atoms with E-state index in [2.05, 4.69) is 38.1 Å². The molecule has 72 valence electrons. The summed E-state index contributed by atoms with van der Waals surface area (Å²) in [5.41, 5.74) is 1.31. The molecule has 1 aromatic carbocycles. The summed E-state index contributed by atoms with van der Waals surface area (Å²) >= 11 is 1.85. The SMILES string of the molecule is COCC(C)Sc1ccc(C)cc1. The van der Waals surface area contributed by atoms with E-state index in [1.165, 1.54) is 10.5 Å². The molecule has 0 N–H and O–H groups in total. The molecule has 0 bridgehead atoms. The highest BCUT2D eigenvalue weighted by Gasteiger charge is 2.02. The van der Waals surface area contributed by atoms with E-state index in [0.717, 1.165) is 6.61 Å². The first kappa shape index (κ1) is 10.6. The molecule has 13 heavy (non-hydrogen) atoms. The third-order valence-electron chi connectivity index (χ3n) is 1.76. The molecule has 1 atom stereocenters. The maximum Gasteiger partial charge on any atom is 0.0582 e. The standard InChI is InChI=1S/C11H16OS/c1-9-4-6-11(7-5-9)13-10(2)8-12-3/h4-7,10H,8H2,1-3H3. The van der Waals surface area contributed by atoms with Gasteiger partial charge in [0.2, 0.25) is 0 Å². The van der Waals surface area contributed by atoms with Crippen molar-refractivity contribution in [3.63, 3.8) is 0 Å². The van der Waals surface area contributed by atoms with Crippen molar-refractivity contribution in [3.05, 3.63) is 29.8 Å². The lowest BCUT2D eigenvalue weighted by atomic mass is 10.2. The molecule has 0 fully saturated rings. The zero-order chi connectivity index (χ0) is 9.68. The minimum Gasteiger partial charge on any atom is -0.384 e. The maximum atomic E-state index is 5.08. The van der Waals surface area contributed by atoms with Crippen molar-refractivity contribution in [1.29, 1.82) is 0 Å². The van der Waals surface area contributed by atoms with Crippen LogP contribution in [0.25, 0.3) is 0 Å². The summed E-state index contributed by atoms with van der Waals surface area (Å²) in [4.78, 5) is 1.31. The van der Waals surface area contributed by atoms with Gasteiger partial charge in [0.1, 0.15) is 0 Å². The van der Waals surface area contributed by atoms with E-state index in [1.54, 1.807) is 7.11 Å². The molecule has 0 aromatic heterocycles. The minimum atomic E-state index is 0.521. The summed E-state index contributed by atoms with van der Waals surface area (Å²) in [6.07, 6.45) is 0. The zero-order valence-electron chi connectivity index (χ0n) is 8.41. The van der Waals surface area contributed by atoms with Gasteiger partial charge in [0, 0.05) is 17.3 Å². The highest BCUT2D eigenvalue weighted by molar-refractivity contribution is 8.00.